The van der Waals surface area contributed by atoms with Gasteiger partial charge in [-0.2, -0.15) is 0 Å². The molecule has 0 aliphatic heterocycles. The van der Waals surface area contributed by atoms with E-state index in [0.717, 1.165) is 18.7 Å². The van der Waals surface area contributed by atoms with Gasteiger partial charge < -0.3 is 10.1 Å². The molecule has 0 saturated heterocycles. The fourth-order valence-corrected chi connectivity index (χ4v) is 1.42. The molecule has 1 aliphatic carbocycles. The second-order valence-corrected chi connectivity index (χ2v) is 3.11. The van der Waals surface area contributed by atoms with Gasteiger partial charge in [0.2, 0.25) is 0 Å². The molecule has 3 nitrogen and oxygen atoms in total. The van der Waals surface area contributed by atoms with Crippen LogP contribution < -0.4 is 0 Å². The minimum Gasteiger partial charge on any atom is -0.385 e. The van der Waals surface area contributed by atoms with Crippen molar-refractivity contribution in [2.24, 2.45) is 5.92 Å². The summed E-state index contributed by atoms with van der Waals surface area (Å²) in [6.45, 7) is 0. The van der Waals surface area contributed by atoms with E-state index in [0.29, 0.717) is 5.92 Å². The zero-order valence-corrected chi connectivity index (χ0v) is 6.33. The standard InChI is InChI=1S/C8H12N2O/c11-7(6-2-1-3-6)8-9-4-5-10-8/h4-7,11H,1-3H2,(H,9,10). The van der Waals surface area contributed by atoms with Gasteiger partial charge in [-0.15, -0.1) is 0 Å². The van der Waals surface area contributed by atoms with Crippen LogP contribution in [0.25, 0.3) is 0 Å². The molecule has 1 aliphatic rings. The van der Waals surface area contributed by atoms with Crippen molar-refractivity contribution in [2.75, 3.05) is 0 Å². The first kappa shape index (κ1) is 6.85. The molecular weight excluding hydrogens is 140 g/mol. The van der Waals surface area contributed by atoms with Crippen LogP contribution >= 0.6 is 0 Å². The Bertz CT molecular complexity index is 216. The van der Waals surface area contributed by atoms with Crippen LogP contribution in [-0.2, 0) is 0 Å². The van der Waals surface area contributed by atoms with Crippen LogP contribution in [0.3, 0.4) is 0 Å². The number of aliphatic hydroxyl groups excluding tert-OH is 1. The van der Waals surface area contributed by atoms with Crippen molar-refractivity contribution in [2.45, 2.75) is 25.4 Å². The van der Waals surface area contributed by atoms with E-state index >= 15 is 0 Å². The lowest BCUT2D eigenvalue weighted by atomic mass is 9.81. The van der Waals surface area contributed by atoms with Crippen LogP contribution in [-0.4, -0.2) is 15.1 Å². The normalized spacial score (nSPS) is 21.2. The number of nitrogens with zero attached hydrogens (tertiary/aromatic N) is 1. The molecule has 2 rings (SSSR count). The summed E-state index contributed by atoms with van der Waals surface area (Å²) in [4.78, 5) is 6.94. The zero-order valence-electron chi connectivity index (χ0n) is 6.33. The monoisotopic (exact) mass is 152 g/mol. The van der Waals surface area contributed by atoms with Crippen LogP contribution in [0.5, 0.6) is 0 Å². The molecular formula is C8H12N2O. The largest absolute Gasteiger partial charge is 0.385 e. The number of aromatic nitrogens is 2. The number of aromatic amines is 1. The summed E-state index contributed by atoms with van der Waals surface area (Å²) in [7, 11) is 0. The maximum atomic E-state index is 9.64. The first-order chi connectivity index (χ1) is 5.38. The summed E-state index contributed by atoms with van der Waals surface area (Å²) in [5, 5.41) is 9.64. The van der Waals surface area contributed by atoms with Gasteiger partial charge in [0.25, 0.3) is 0 Å². The molecule has 1 atom stereocenters. The Balaban J connectivity index is 2.04. The van der Waals surface area contributed by atoms with Crippen LogP contribution in [0.15, 0.2) is 12.4 Å². The third-order valence-corrected chi connectivity index (χ3v) is 2.40. The third kappa shape index (κ3) is 1.16. The quantitative estimate of drug-likeness (QED) is 0.669. The highest BCUT2D eigenvalue weighted by Gasteiger charge is 2.27. The van der Waals surface area contributed by atoms with Crippen LogP contribution in [0, 0.1) is 5.92 Å². The van der Waals surface area contributed by atoms with Gasteiger partial charge in [0.1, 0.15) is 11.9 Å². The van der Waals surface area contributed by atoms with Gasteiger partial charge >= 0.3 is 0 Å². The third-order valence-electron chi connectivity index (χ3n) is 2.40. The minimum atomic E-state index is -0.362. The summed E-state index contributed by atoms with van der Waals surface area (Å²) in [6, 6.07) is 0. The molecule has 0 amide bonds. The predicted octanol–water partition coefficient (Wildman–Crippen LogP) is 1.24. The van der Waals surface area contributed by atoms with Crippen molar-refractivity contribution in [3.63, 3.8) is 0 Å². The number of nitrogens with one attached hydrogen (secondary N) is 1. The average molecular weight is 152 g/mol. The molecule has 0 radical (unpaired) electrons. The molecule has 1 saturated carbocycles. The summed E-state index contributed by atoms with van der Waals surface area (Å²) < 4.78 is 0. The summed E-state index contributed by atoms with van der Waals surface area (Å²) in [6.07, 6.45) is 6.60. The van der Waals surface area contributed by atoms with Crippen molar-refractivity contribution in [1.82, 2.24) is 9.97 Å². The molecule has 11 heavy (non-hydrogen) atoms. The molecule has 0 spiro atoms. The Kier molecular flexibility index (Phi) is 1.66. The summed E-state index contributed by atoms with van der Waals surface area (Å²) in [5.41, 5.74) is 0. The molecule has 1 heterocycles. The maximum absolute atomic E-state index is 9.64. The van der Waals surface area contributed by atoms with Gasteiger partial charge in [-0.05, 0) is 18.8 Å². The Morgan fingerprint density at radius 2 is 2.45 bits per heavy atom. The average Bonchev–Trinajstić information content (AvgIpc) is 2.32. The van der Waals surface area contributed by atoms with Gasteiger partial charge in [0.15, 0.2) is 0 Å². The van der Waals surface area contributed by atoms with E-state index in [4.69, 9.17) is 0 Å². The lowest BCUT2D eigenvalue weighted by Crippen LogP contribution is -2.20. The van der Waals surface area contributed by atoms with E-state index in [9.17, 15) is 5.11 Å². The number of hydrogen-bond donors (Lipinski definition) is 2. The van der Waals surface area contributed by atoms with Crippen LogP contribution in [0.4, 0.5) is 0 Å². The zero-order chi connectivity index (χ0) is 7.68. The topological polar surface area (TPSA) is 48.9 Å². The van der Waals surface area contributed by atoms with E-state index in [2.05, 4.69) is 9.97 Å². The first-order valence-electron chi connectivity index (χ1n) is 4.05. The van der Waals surface area contributed by atoms with Crippen LogP contribution in [0.2, 0.25) is 0 Å². The van der Waals surface area contributed by atoms with E-state index in [1.54, 1.807) is 12.4 Å². The molecule has 0 bridgehead atoms. The highest BCUT2D eigenvalue weighted by atomic mass is 16.3. The van der Waals surface area contributed by atoms with Gasteiger partial charge in [-0.25, -0.2) is 4.98 Å². The van der Waals surface area contributed by atoms with Gasteiger partial charge in [-0.1, -0.05) is 6.42 Å². The number of aliphatic hydroxyl groups is 1. The maximum Gasteiger partial charge on any atom is 0.135 e. The number of imidazole rings is 1. The molecule has 60 valence electrons. The van der Waals surface area contributed by atoms with Crippen molar-refractivity contribution in [1.29, 1.82) is 0 Å². The van der Waals surface area contributed by atoms with Crippen LogP contribution in [0.1, 0.15) is 31.2 Å². The Morgan fingerprint density at radius 3 is 2.91 bits per heavy atom. The number of H-pyrrole nitrogens is 1. The molecule has 3 heteroatoms. The summed E-state index contributed by atoms with van der Waals surface area (Å²) in [5.74, 6) is 1.16. The minimum absolute atomic E-state index is 0.362. The van der Waals surface area contributed by atoms with Gasteiger partial charge in [0, 0.05) is 12.4 Å². The summed E-state index contributed by atoms with van der Waals surface area (Å²) >= 11 is 0. The molecule has 2 N–H and O–H groups in total. The number of hydrogen-bond acceptors (Lipinski definition) is 2. The second kappa shape index (κ2) is 2.66. The SMILES string of the molecule is OC(c1ncc[nH]1)C1CCC1. The molecule has 1 fully saturated rings. The van der Waals surface area contributed by atoms with E-state index in [1.165, 1.54) is 6.42 Å². The van der Waals surface area contributed by atoms with Crippen molar-refractivity contribution < 1.29 is 5.11 Å². The highest BCUT2D eigenvalue weighted by molar-refractivity contribution is 4.96. The Morgan fingerprint density at radius 1 is 1.64 bits per heavy atom. The Labute approximate surface area is 65.5 Å². The molecule has 0 aromatic carbocycles. The van der Waals surface area contributed by atoms with E-state index in [1.807, 2.05) is 0 Å². The fourth-order valence-electron chi connectivity index (χ4n) is 1.42. The smallest absolute Gasteiger partial charge is 0.135 e. The Hall–Kier alpha value is -0.830. The fraction of sp³-hybridized carbons (Fsp3) is 0.625. The van der Waals surface area contributed by atoms with Crippen molar-refractivity contribution in [3.05, 3.63) is 18.2 Å². The van der Waals surface area contributed by atoms with Crippen molar-refractivity contribution >= 4 is 0 Å². The molecule has 1 aromatic heterocycles. The highest BCUT2D eigenvalue weighted by Crippen LogP contribution is 2.36. The molecule has 1 aromatic rings. The number of rotatable bonds is 2. The molecule has 1 unspecified atom stereocenters. The lowest BCUT2D eigenvalue weighted by molar-refractivity contribution is 0.0556. The first-order valence-corrected chi connectivity index (χ1v) is 4.05. The van der Waals surface area contributed by atoms with E-state index < -0.39 is 0 Å². The van der Waals surface area contributed by atoms with Gasteiger partial charge in [-0.3, -0.25) is 0 Å². The van der Waals surface area contributed by atoms with E-state index in [-0.39, 0.29) is 6.10 Å². The van der Waals surface area contributed by atoms with Crippen molar-refractivity contribution in [3.8, 4) is 0 Å². The second-order valence-electron chi connectivity index (χ2n) is 3.11. The van der Waals surface area contributed by atoms with Gasteiger partial charge in [0.05, 0.1) is 0 Å². The lowest BCUT2D eigenvalue weighted by Gasteiger charge is -2.28. The predicted molar refractivity (Wildman–Crippen MR) is 40.9 cm³/mol.